The number of hydrogen-bond donors (Lipinski definition) is 1. The summed E-state index contributed by atoms with van der Waals surface area (Å²) in [4.78, 5) is 4.18. The average molecular weight is 233 g/mol. The van der Waals surface area contributed by atoms with E-state index in [1.165, 1.54) is 0 Å². The van der Waals surface area contributed by atoms with Crippen LogP contribution in [0.2, 0.25) is 5.15 Å². The number of benzene rings is 1. The maximum atomic E-state index is 6.04. The van der Waals surface area contributed by atoms with Crippen molar-refractivity contribution in [3.8, 4) is 0 Å². The van der Waals surface area contributed by atoms with Gasteiger partial charge in [0.15, 0.2) is 0 Å². The molecule has 0 aliphatic heterocycles. The minimum atomic E-state index is 0.557. The van der Waals surface area contributed by atoms with Crippen LogP contribution < -0.4 is 5.32 Å². The van der Waals surface area contributed by atoms with Crippen LogP contribution in [0, 0.1) is 0 Å². The summed E-state index contributed by atoms with van der Waals surface area (Å²) >= 11 is 6.04. The lowest BCUT2D eigenvalue weighted by atomic mass is 10.1. The van der Waals surface area contributed by atoms with Gasteiger partial charge in [-0.05, 0) is 12.4 Å². The Hall–Kier alpha value is -1.38. The summed E-state index contributed by atoms with van der Waals surface area (Å²) in [5.74, 6) is 0. The Morgan fingerprint density at radius 2 is 2.06 bits per heavy atom. The number of fused-ring (bicyclic) bond motifs is 1. The minimum absolute atomic E-state index is 0.557. The van der Waals surface area contributed by atoms with E-state index in [2.05, 4.69) is 28.5 Å². The second-order valence-electron chi connectivity index (χ2n) is 3.51. The number of hydrogen-bond acceptors (Lipinski definition) is 2. The highest BCUT2D eigenvalue weighted by Crippen LogP contribution is 2.24. The number of rotatable bonds is 3. The van der Waals surface area contributed by atoms with Gasteiger partial charge >= 0.3 is 0 Å². The highest BCUT2D eigenvalue weighted by atomic mass is 35.5. The summed E-state index contributed by atoms with van der Waals surface area (Å²) in [6.45, 7) is 0.844. The summed E-state index contributed by atoms with van der Waals surface area (Å²) < 4.78 is 0. The van der Waals surface area contributed by atoms with Gasteiger partial charge in [0.05, 0.1) is 0 Å². The zero-order valence-electron chi connectivity index (χ0n) is 9.07. The van der Waals surface area contributed by atoms with Gasteiger partial charge in [-0.25, -0.2) is 4.98 Å². The predicted molar refractivity (Wildman–Crippen MR) is 69.7 cm³/mol. The molecule has 0 saturated carbocycles. The van der Waals surface area contributed by atoms with Gasteiger partial charge < -0.3 is 5.32 Å². The van der Waals surface area contributed by atoms with E-state index in [0.29, 0.717) is 5.15 Å². The van der Waals surface area contributed by atoms with E-state index in [4.69, 9.17) is 11.6 Å². The lowest BCUT2D eigenvalue weighted by Gasteiger charge is -2.03. The standard InChI is InChI=1S/C13H13ClN2/c1-15-8-4-5-10-9-16-13(14)12-7-3-2-6-11(10)12/h2-7,9,15H,8H2,1H3. The smallest absolute Gasteiger partial charge is 0.136 e. The third-order valence-electron chi connectivity index (χ3n) is 2.40. The first-order valence-electron chi connectivity index (χ1n) is 5.17. The van der Waals surface area contributed by atoms with E-state index in [0.717, 1.165) is 22.9 Å². The molecule has 0 radical (unpaired) electrons. The van der Waals surface area contributed by atoms with E-state index < -0.39 is 0 Å². The highest BCUT2D eigenvalue weighted by molar-refractivity contribution is 6.34. The van der Waals surface area contributed by atoms with Gasteiger partial charge in [0.25, 0.3) is 0 Å². The number of aromatic nitrogens is 1. The fraction of sp³-hybridized carbons (Fsp3) is 0.154. The molecule has 3 heteroatoms. The molecule has 0 atom stereocenters. The SMILES string of the molecule is CNCC=Cc1cnc(Cl)c2ccccc12. The molecule has 16 heavy (non-hydrogen) atoms. The molecule has 1 heterocycles. The van der Waals surface area contributed by atoms with E-state index in [-0.39, 0.29) is 0 Å². The van der Waals surface area contributed by atoms with Crippen LogP contribution in [-0.2, 0) is 0 Å². The van der Waals surface area contributed by atoms with Gasteiger partial charge in [-0.1, -0.05) is 48.0 Å². The third-order valence-corrected chi connectivity index (χ3v) is 2.70. The monoisotopic (exact) mass is 232 g/mol. The zero-order chi connectivity index (χ0) is 11.4. The fourth-order valence-corrected chi connectivity index (χ4v) is 1.83. The number of likely N-dealkylation sites (N-methyl/N-ethyl adjacent to an activating group) is 1. The number of nitrogens with zero attached hydrogens (tertiary/aromatic N) is 1. The van der Waals surface area contributed by atoms with Gasteiger partial charge in [-0.15, -0.1) is 0 Å². The largest absolute Gasteiger partial charge is 0.316 e. The van der Waals surface area contributed by atoms with Crippen molar-refractivity contribution in [1.82, 2.24) is 10.3 Å². The number of pyridine rings is 1. The van der Waals surface area contributed by atoms with Gasteiger partial charge in [0.2, 0.25) is 0 Å². The van der Waals surface area contributed by atoms with Crippen molar-refractivity contribution < 1.29 is 0 Å². The highest BCUT2D eigenvalue weighted by Gasteiger charge is 2.02. The maximum Gasteiger partial charge on any atom is 0.136 e. The lowest BCUT2D eigenvalue weighted by molar-refractivity contribution is 0.922. The third kappa shape index (κ3) is 2.23. The first kappa shape index (κ1) is 11.1. The van der Waals surface area contributed by atoms with Crippen molar-refractivity contribution in [3.63, 3.8) is 0 Å². The normalized spacial score (nSPS) is 11.4. The summed E-state index contributed by atoms with van der Waals surface area (Å²) in [7, 11) is 1.92. The molecule has 0 aliphatic carbocycles. The van der Waals surface area contributed by atoms with E-state index in [1.54, 1.807) is 6.20 Å². The Kier molecular flexibility index (Phi) is 3.54. The summed E-state index contributed by atoms with van der Waals surface area (Å²) in [6.07, 6.45) is 5.93. The van der Waals surface area contributed by atoms with Crippen molar-refractivity contribution >= 4 is 28.4 Å². The zero-order valence-corrected chi connectivity index (χ0v) is 9.83. The maximum absolute atomic E-state index is 6.04. The van der Waals surface area contributed by atoms with Gasteiger partial charge in [0, 0.05) is 23.7 Å². The lowest BCUT2D eigenvalue weighted by Crippen LogP contribution is -2.03. The molecule has 82 valence electrons. The summed E-state index contributed by atoms with van der Waals surface area (Å²) in [5, 5.41) is 5.75. The molecular formula is C13H13ClN2. The van der Waals surface area contributed by atoms with Crippen molar-refractivity contribution in [3.05, 3.63) is 47.3 Å². The van der Waals surface area contributed by atoms with Crippen LogP contribution in [0.3, 0.4) is 0 Å². The summed E-state index contributed by atoms with van der Waals surface area (Å²) in [6, 6.07) is 8.02. The molecule has 2 rings (SSSR count). The fourth-order valence-electron chi connectivity index (χ4n) is 1.62. The molecule has 0 spiro atoms. The first-order chi connectivity index (χ1) is 7.83. The van der Waals surface area contributed by atoms with E-state index >= 15 is 0 Å². The number of halogens is 1. The Labute approximate surface area is 100.0 Å². The molecule has 1 aromatic heterocycles. The Morgan fingerprint density at radius 1 is 1.31 bits per heavy atom. The van der Waals surface area contributed by atoms with E-state index in [1.807, 2.05) is 25.2 Å². The van der Waals surface area contributed by atoms with Crippen LogP contribution in [0.4, 0.5) is 0 Å². The minimum Gasteiger partial charge on any atom is -0.316 e. The second-order valence-corrected chi connectivity index (χ2v) is 3.87. The average Bonchev–Trinajstić information content (AvgIpc) is 2.33. The molecule has 0 fully saturated rings. The first-order valence-corrected chi connectivity index (χ1v) is 5.55. The van der Waals surface area contributed by atoms with Crippen molar-refractivity contribution in [1.29, 1.82) is 0 Å². The van der Waals surface area contributed by atoms with Crippen LogP contribution in [0.5, 0.6) is 0 Å². The van der Waals surface area contributed by atoms with Crippen LogP contribution in [0.25, 0.3) is 16.8 Å². The Morgan fingerprint density at radius 3 is 2.81 bits per heavy atom. The molecule has 0 saturated heterocycles. The van der Waals surface area contributed by atoms with Crippen LogP contribution >= 0.6 is 11.6 Å². The Bertz CT molecular complexity index is 520. The van der Waals surface area contributed by atoms with Crippen molar-refractivity contribution in [2.45, 2.75) is 0 Å². The van der Waals surface area contributed by atoms with Crippen LogP contribution in [0.15, 0.2) is 36.5 Å². The summed E-state index contributed by atoms with van der Waals surface area (Å²) in [5.41, 5.74) is 1.09. The predicted octanol–water partition coefficient (Wildman–Crippen LogP) is 3.12. The molecule has 0 unspecified atom stereocenters. The van der Waals surface area contributed by atoms with Crippen molar-refractivity contribution in [2.24, 2.45) is 0 Å². The molecule has 1 N–H and O–H groups in total. The van der Waals surface area contributed by atoms with Gasteiger partial charge in [-0.2, -0.15) is 0 Å². The van der Waals surface area contributed by atoms with Crippen LogP contribution in [-0.4, -0.2) is 18.6 Å². The van der Waals surface area contributed by atoms with Gasteiger partial charge in [0.1, 0.15) is 5.15 Å². The molecule has 0 bridgehead atoms. The second kappa shape index (κ2) is 5.10. The molecule has 2 aromatic rings. The molecule has 0 amide bonds. The molecular weight excluding hydrogens is 220 g/mol. The molecule has 0 aliphatic rings. The van der Waals surface area contributed by atoms with Gasteiger partial charge in [-0.3, -0.25) is 0 Å². The molecule has 1 aromatic carbocycles. The quantitative estimate of drug-likeness (QED) is 0.823. The van der Waals surface area contributed by atoms with Crippen LogP contribution in [0.1, 0.15) is 5.56 Å². The topological polar surface area (TPSA) is 24.9 Å². The molecule has 2 nitrogen and oxygen atoms in total. The van der Waals surface area contributed by atoms with Crippen molar-refractivity contribution in [2.75, 3.05) is 13.6 Å². The Balaban J connectivity index is 2.50. The van der Waals surface area contributed by atoms with E-state index in [9.17, 15) is 0 Å². The number of nitrogens with one attached hydrogen (secondary N) is 1.